The molecule has 0 aliphatic rings. The largest absolute Gasteiger partial charge is 0.482 e. The van der Waals surface area contributed by atoms with Crippen LogP contribution in [-0.2, 0) is 22.6 Å². The predicted molar refractivity (Wildman–Crippen MR) is 141 cm³/mol. The van der Waals surface area contributed by atoms with Crippen LogP contribution in [0.5, 0.6) is 5.75 Å². The fourth-order valence-electron chi connectivity index (χ4n) is 3.60. The van der Waals surface area contributed by atoms with Gasteiger partial charge in [0, 0.05) is 24.0 Å². The van der Waals surface area contributed by atoms with Gasteiger partial charge in [-0.3, -0.25) is 9.59 Å². The summed E-state index contributed by atoms with van der Waals surface area (Å²) in [6, 6.07) is 19.2. The molecule has 0 bridgehead atoms. The summed E-state index contributed by atoms with van der Waals surface area (Å²) in [4.78, 5) is 28.4. The Morgan fingerprint density at radius 3 is 2.33 bits per heavy atom. The zero-order chi connectivity index (χ0) is 26.1. The van der Waals surface area contributed by atoms with Gasteiger partial charge in [-0.1, -0.05) is 72.6 Å². The van der Waals surface area contributed by atoms with Gasteiger partial charge in [-0.25, -0.2) is 4.39 Å². The topological polar surface area (TPSA) is 58.6 Å². The molecule has 1 N–H and O–H groups in total. The lowest BCUT2D eigenvalue weighted by molar-refractivity contribution is -0.143. The smallest absolute Gasteiger partial charge is 0.261 e. The van der Waals surface area contributed by atoms with E-state index in [1.807, 2.05) is 44.2 Å². The van der Waals surface area contributed by atoms with E-state index in [2.05, 4.69) is 5.32 Å². The zero-order valence-electron chi connectivity index (χ0n) is 20.2. The monoisotopic (exact) mass is 530 g/mol. The third-order valence-electron chi connectivity index (χ3n) is 5.78. The van der Waals surface area contributed by atoms with Crippen molar-refractivity contribution in [2.24, 2.45) is 0 Å². The summed E-state index contributed by atoms with van der Waals surface area (Å²) >= 11 is 12.1. The molecular weight excluding hydrogens is 502 g/mol. The fraction of sp³-hybridized carbons (Fsp3) is 0.286. The molecule has 190 valence electrons. The molecule has 0 radical (unpaired) electrons. The highest BCUT2D eigenvalue weighted by molar-refractivity contribution is 6.35. The number of hydrogen-bond donors (Lipinski definition) is 1. The van der Waals surface area contributed by atoms with Crippen LogP contribution in [0.1, 0.15) is 31.4 Å². The Labute approximate surface area is 221 Å². The Morgan fingerprint density at radius 1 is 1.00 bits per heavy atom. The van der Waals surface area contributed by atoms with Crippen molar-refractivity contribution in [1.82, 2.24) is 10.2 Å². The minimum Gasteiger partial charge on any atom is -0.482 e. The van der Waals surface area contributed by atoms with Crippen LogP contribution in [0, 0.1) is 5.82 Å². The lowest BCUT2D eigenvalue weighted by Gasteiger charge is -2.32. The third kappa shape index (κ3) is 7.97. The molecular formula is C28H29Cl2FN2O3. The Balaban J connectivity index is 1.91. The van der Waals surface area contributed by atoms with E-state index in [1.54, 1.807) is 24.3 Å². The van der Waals surface area contributed by atoms with Gasteiger partial charge in [0.05, 0.1) is 5.02 Å². The maximum atomic E-state index is 13.5. The van der Waals surface area contributed by atoms with Gasteiger partial charge in [0.1, 0.15) is 17.6 Å². The lowest BCUT2D eigenvalue weighted by Crippen LogP contribution is -2.53. The number of nitrogens with zero attached hydrogens (tertiary/aromatic N) is 1. The summed E-state index contributed by atoms with van der Waals surface area (Å²) in [6.45, 7) is 3.64. The summed E-state index contributed by atoms with van der Waals surface area (Å²) in [5.74, 6) is -0.758. The maximum absolute atomic E-state index is 13.5. The van der Waals surface area contributed by atoms with Crippen molar-refractivity contribution in [3.8, 4) is 5.75 Å². The second kappa shape index (κ2) is 13.3. The SMILES string of the molecule is CCC(C)NC(=O)C(Cc1ccccc1)N(Cc1ccc(F)cc1)C(=O)COc1ccc(Cl)cc1Cl. The van der Waals surface area contributed by atoms with Gasteiger partial charge < -0.3 is 15.0 Å². The van der Waals surface area contributed by atoms with Gasteiger partial charge in [0.2, 0.25) is 5.91 Å². The van der Waals surface area contributed by atoms with Crippen LogP contribution in [0.15, 0.2) is 72.8 Å². The minimum atomic E-state index is -0.816. The van der Waals surface area contributed by atoms with Crippen LogP contribution < -0.4 is 10.1 Å². The summed E-state index contributed by atoms with van der Waals surface area (Å²) in [6.07, 6.45) is 1.05. The first-order valence-electron chi connectivity index (χ1n) is 11.7. The molecule has 0 saturated heterocycles. The van der Waals surface area contributed by atoms with Gasteiger partial charge in [-0.15, -0.1) is 0 Å². The van der Waals surface area contributed by atoms with Gasteiger partial charge in [0.25, 0.3) is 5.91 Å². The molecule has 0 aliphatic heterocycles. The summed E-state index contributed by atoms with van der Waals surface area (Å²) in [7, 11) is 0. The Hall–Kier alpha value is -3.09. The number of ether oxygens (including phenoxy) is 1. The molecule has 5 nitrogen and oxygen atoms in total. The fourth-order valence-corrected chi connectivity index (χ4v) is 4.06. The van der Waals surface area contributed by atoms with Gasteiger partial charge in [0.15, 0.2) is 6.61 Å². The number of carbonyl (C=O) groups is 2. The standard InChI is InChI=1S/C28H29Cl2FN2O3/c1-3-19(2)32-28(35)25(15-20-7-5-4-6-8-20)33(17-21-9-12-23(31)13-10-21)27(34)18-36-26-14-11-22(29)16-24(26)30/h4-14,16,19,25H,3,15,17-18H2,1-2H3,(H,32,35). The number of halogens is 3. The van der Waals surface area contributed by atoms with E-state index in [0.29, 0.717) is 22.8 Å². The van der Waals surface area contributed by atoms with Crippen molar-refractivity contribution >= 4 is 35.0 Å². The van der Waals surface area contributed by atoms with Crippen molar-refractivity contribution < 1.29 is 18.7 Å². The van der Waals surface area contributed by atoms with E-state index in [0.717, 1.165) is 12.0 Å². The van der Waals surface area contributed by atoms with Gasteiger partial charge >= 0.3 is 0 Å². The highest BCUT2D eigenvalue weighted by Crippen LogP contribution is 2.27. The molecule has 2 atom stereocenters. The van der Waals surface area contributed by atoms with E-state index in [-0.39, 0.29) is 35.9 Å². The van der Waals surface area contributed by atoms with E-state index in [9.17, 15) is 14.0 Å². The Morgan fingerprint density at radius 2 is 1.69 bits per heavy atom. The van der Waals surface area contributed by atoms with E-state index >= 15 is 0 Å². The van der Waals surface area contributed by atoms with E-state index < -0.39 is 11.9 Å². The molecule has 3 rings (SSSR count). The average Bonchev–Trinajstić information content (AvgIpc) is 2.87. The summed E-state index contributed by atoms with van der Waals surface area (Å²) < 4.78 is 19.2. The van der Waals surface area contributed by atoms with Crippen molar-refractivity contribution in [3.63, 3.8) is 0 Å². The molecule has 2 unspecified atom stereocenters. The molecule has 0 saturated carbocycles. The molecule has 0 aromatic heterocycles. The van der Waals surface area contributed by atoms with Crippen LogP contribution in [0.4, 0.5) is 4.39 Å². The first-order chi connectivity index (χ1) is 17.3. The quantitative estimate of drug-likeness (QED) is 0.327. The number of nitrogens with one attached hydrogen (secondary N) is 1. The van der Waals surface area contributed by atoms with Crippen LogP contribution in [0.25, 0.3) is 0 Å². The summed E-state index contributed by atoms with van der Waals surface area (Å²) in [5, 5.41) is 3.72. The number of carbonyl (C=O) groups excluding carboxylic acids is 2. The first kappa shape index (κ1) is 27.5. The van der Waals surface area contributed by atoms with Crippen molar-refractivity contribution in [2.45, 2.75) is 45.3 Å². The van der Waals surface area contributed by atoms with E-state index in [1.165, 1.54) is 23.1 Å². The molecule has 0 aliphatic carbocycles. The molecule has 0 fully saturated rings. The van der Waals surface area contributed by atoms with Crippen molar-refractivity contribution in [1.29, 1.82) is 0 Å². The molecule has 2 amide bonds. The number of hydrogen-bond acceptors (Lipinski definition) is 3. The number of rotatable bonds is 11. The molecule has 0 spiro atoms. The summed E-state index contributed by atoms with van der Waals surface area (Å²) in [5.41, 5.74) is 1.59. The number of amides is 2. The molecule has 3 aromatic rings. The van der Waals surface area contributed by atoms with E-state index in [4.69, 9.17) is 27.9 Å². The maximum Gasteiger partial charge on any atom is 0.261 e. The highest BCUT2D eigenvalue weighted by atomic mass is 35.5. The Bertz CT molecular complexity index is 1160. The van der Waals surface area contributed by atoms with Crippen LogP contribution in [0.3, 0.4) is 0 Å². The van der Waals surface area contributed by atoms with Crippen molar-refractivity contribution in [3.05, 3.63) is 99.8 Å². The van der Waals surface area contributed by atoms with Gasteiger partial charge in [-0.2, -0.15) is 0 Å². The normalized spacial score (nSPS) is 12.5. The second-order valence-electron chi connectivity index (χ2n) is 8.53. The molecule has 36 heavy (non-hydrogen) atoms. The molecule has 3 aromatic carbocycles. The zero-order valence-corrected chi connectivity index (χ0v) is 21.7. The van der Waals surface area contributed by atoms with Crippen LogP contribution in [-0.4, -0.2) is 35.4 Å². The molecule has 8 heteroatoms. The van der Waals surface area contributed by atoms with Crippen LogP contribution >= 0.6 is 23.2 Å². The Kier molecular flexibility index (Phi) is 10.1. The average molecular weight is 531 g/mol. The lowest BCUT2D eigenvalue weighted by atomic mass is 10.0. The third-order valence-corrected chi connectivity index (χ3v) is 6.31. The van der Waals surface area contributed by atoms with Crippen molar-refractivity contribution in [2.75, 3.05) is 6.61 Å². The van der Waals surface area contributed by atoms with Crippen LogP contribution in [0.2, 0.25) is 10.0 Å². The highest BCUT2D eigenvalue weighted by Gasteiger charge is 2.31. The number of benzene rings is 3. The molecule has 0 heterocycles. The first-order valence-corrected chi connectivity index (χ1v) is 12.5. The predicted octanol–water partition coefficient (Wildman–Crippen LogP) is 6.07. The second-order valence-corrected chi connectivity index (χ2v) is 9.38. The van der Waals surface area contributed by atoms with Gasteiger partial charge in [-0.05, 0) is 54.8 Å². The minimum absolute atomic E-state index is 0.0670.